The second-order valence-electron chi connectivity index (χ2n) is 5.88. The maximum absolute atomic E-state index is 14.0. The van der Waals surface area contributed by atoms with Crippen molar-refractivity contribution >= 4 is 17.3 Å². The van der Waals surface area contributed by atoms with Gasteiger partial charge in [-0.2, -0.15) is 0 Å². The van der Waals surface area contributed by atoms with E-state index in [1.54, 1.807) is 0 Å². The average Bonchev–Trinajstić information content (AvgIpc) is 2.72. The highest BCUT2D eigenvalue weighted by Gasteiger charge is 2.36. The summed E-state index contributed by atoms with van der Waals surface area (Å²) in [6.07, 6.45) is 1.03. The summed E-state index contributed by atoms with van der Waals surface area (Å²) in [5, 5.41) is 9.13. The fourth-order valence-electron chi connectivity index (χ4n) is 2.34. The third-order valence-corrected chi connectivity index (χ3v) is 4.98. The summed E-state index contributed by atoms with van der Waals surface area (Å²) in [6.45, 7) is 5.49. The molecule has 0 bridgehead atoms. The molecule has 0 saturated heterocycles. The third-order valence-electron chi connectivity index (χ3n) is 3.37. The molecule has 1 unspecified atom stereocenters. The molecule has 0 radical (unpaired) electrons. The summed E-state index contributed by atoms with van der Waals surface area (Å²) >= 11 is -1.32. The van der Waals surface area contributed by atoms with E-state index in [9.17, 15) is 13.7 Å². The van der Waals surface area contributed by atoms with Crippen LogP contribution in [-0.2, 0) is 17.8 Å². The lowest BCUT2D eigenvalue weighted by Gasteiger charge is -2.26. The van der Waals surface area contributed by atoms with Crippen molar-refractivity contribution in [1.29, 1.82) is 0 Å². The maximum Gasteiger partial charge on any atom is 0.335 e. The van der Waals surface area contributed by atoms with Crippen LogP contribution in [0.3, 0.4) is 0 Å². The summed E-state index contributed by atoms with van der Waals surface area (Å²) in [6, 6.07) is 2.06. The summed E-state index contributed by atoms with van der Waals surface area (Å²) in [5.74, 6) is -1.50. The highest BCUT2D eigenvalue weighted by Crippen LogP contribution is 2.36. The Morgan fingerprint density at radius 2 is 2.15 bits per heavy atom. The van der Waals surface area contributed by atoms with E-state index in [1.807, 2.05) is 20.8 Å². The first-order chi connectivity index (χ1) is 9.21. The molecule has 1 aliphatic rings. The molecule has 1 aromatic rings. The Bertz CT molecular complexity index is 542. The van der Waals surface area contributed by atoms with Crippen LogP contribution in [0.1, 0.15) is 54.7 Å². The van der Waals surface area contributed by atoms with Crippen molar-refractivity contribution in [3.8, 4) is 0 Å². The van der Waals surface area contributed by atoms with Crippen molar-refractivity contribution in [2.24, 2.45) is 0 Å². The number of hydrogen-bond acceptors (Lipinski definition) is 3. The van der Waals surface area contributed by atoms with Crippen molar-refractivity contribution < 1.29 is 18.8 Å². The van der Waals surface area contributed by atoms with E-state index in [-0.39, 0.29) is 5.56 Å². The molecule has 2 rings (SSSR count). The number of carbonyl (C=O) groups is 1. The first-order valence-electron chi connectivity index (χ1n) is 6.44. The fourth-order valence-corrected chi connectivity index (χ4v) is 3.19. The Balaban J connectivity index is 2.33. The third kappa shape index (κ3) is 2.82. The highest BCUT2D eigenvalue weighted by atomic mass is 32.2. The summed E-state index contributed by atoms with van der Waals surface area (Å²) in [7, 11) is 0. The largest absolute Gasteiger partial charge is 0.598 e. The van der Waals surface area contributed by atoms with E-state index >= 15 is 0 Å². The minimum Gasteiger partial charge on any atom is -0.598 e. The van der Waals surface area contributed by atoms with Crippen LogP contribution in [0, 0.1) is 5.82 Å². The average molecular weight is 299 g/mol. The Hall–Kier alpha value is -1.11. The molecule has 1 aliphatic carbocycles. The molecule has 2 N–H and O–H groups in total. The molecule has 110 valence electrons. The van der Waals surface area contributed by atoms with Crippen LogP contribution in [0.15, 0.2) is 12.1 Å². The quantitative estimate of drug-likeness (QED) is 0.841. The molecular formula is C14H18FNO3S. The number of hydrogen-bond donors (Lipinski definition) is 2. The predicted molar refractivity (Wildman–Crippen MR) is 75.5 cm³/mol. The number of fused-ring (bicyclic) bond motifs is 1. The molecular weight excluding hydrogens is 281 g/mol. The molecule has 4 nitrogen and oxygen atoms in total. The Morgan fingerprint density at radius 1 is 1.50 bits per heavy atom. The van der Waals surface area contributed by atoms with Gasteiger partial charge in [-0.15, -0.1) is 4.72 Å². The van der Waals surface area contributed by atoms with Crippen molar-refractivity contribution in [3.63, 3.8) is 0 Å². The van der Waals surface area contributed by atoms with Crippen LogP contribution in [0.4, 0.5) is 4.39 Å². The van der Waals surface area contributed by atoms with Gasteiger partial charge in [0.15, 0.2) is 0 Å². The predicted octanol–water partition coefficient (Wildman–Crippen LogP) is 2.56. The van der Waals surface area contributed by atoms with Gasteiger partial charge in [0, 0.05) is 16.9 Å². The van der Waals surface area contributed by atoms with Crippen LogP contribution < -0.4 is 4.72 Å². The minimum atomic E-state index is -1.32. The maximum atomic E-state index is 14.0. The van der Waals surface area contributed by atoms with Crippen LogP contribution in [0.5, 0.6) is 0 Å². The second-order valence-corrected chi connectivity index (χ2v) is 7.88. The van der Waals surface area contributed by atoms with Crippen molar-refractivity contribution in [3.05, 3.63) is 34.6 Å². The molecule has 0 saturated carbocycles. The van der Waals surface area contributed by atoms with Crippen LogP contribution in [0.2, 0.25) is 0 Å². The zero-order valence-corrected chi connectivity index (χ0v) is 12.5. The number of benzene rings is 1. The lowest BCUT2D eigenvalue weighted by atomic mass is 10.0. The SMILES string of the molecule is CC(C)(C)[S@+]([O-])NC1CCc2c(C(=O)O)ccc(F)c21. The van der Waals surface area contributed by atoms with Crippen molar-refractivity contribution in [2.75, 3.05) is 0 Å². The zero-order valence-electron chi connectivity index (χ0n) is 11.7. The van der Waals surface area contributed by atoms with E-state index in [0.29, 0.717) is 24.0 Å². The number of nitrogens with one attached hydrogen (secondary N) is 1. The first-order valence-corrected chi connectivity index (χ1v) is 7.59. The standard InChI is InChI=1S/C14H18FNO3S/c1-14(2,3)20(19)16-11-7-5-8-9(13(17)18)4-6-10(15)12(8)11/h4,6,11,16H,5,7H2,1-3H3,(H,17,18)/t11?,20-/m0/s1. The molecule has 0 spiro atoms. The number of rotatable bonds is 3. The smallest absolute Gasteiger partial charge is 0.335 e. The molecule has 2 atom stereocenters. The minimum absolute atomic E-state index is 0.132. The van der Waals surface area contributed by atoms with Gasteiger partial charge >= 0.3 is 5.97 Å². The van der Waals surface area contributed by atoms with Gasteiger partial charge in [0.05, 0.1) is 11.6 Å². The molecule has 0 aliphatic heterocycles. The Labute approximate surface area is 120 Å². The number of halogens is 1. The van der Waals surface area contributed by atoms with E-state index in [2.05, 4.69) is 4.72 Å². The molecule has 0 aromatic heterocycles. The molecule has 6 heteroatoms. The number of carboxylic acids is 1. The van der Waals surface area contributed by atoms with Crippen LogP contribution in [0.25, 0.3) is 0 Å². The van der Waals surface area contributed by atoms with Gasteiger partial charge in [-0.05, 0) is 51.3 Å². The van der Waals surface area contributed by atoms with Crippen molar-refractivity contribution in [1.82, 2.24) is 4.72 Å². The lowest BCUT2D eigenvalue weighted by molar-refractivity contribution is 0.0695. The summed E-state index contributed by atoms with van der Waals surface area (Å²) < 4.78 is 28.6. The van der Waals surface area contributed by atoms with E-state index in [0.717, 1.165) is 0 Å². The van der Waals surface area contributed by atoms with Gasteiger partial charge in [0.1, 0.15) is 10.6 Å². The molecule has 0 fully saturated rings. The summed E-state index contributed by atoms with van der Waals surface area (Å²) in [4.78, 5) is 11.2. The monoisotopic (exact) mass is 299 g/mol. The second kappa shape index (κ2) is 5.35. The van der Waals surface area contributed by atoms with Crippen LogP contribution >= 0.6 is 0 Å². The fraction of sp³-hybridized carbons (Fsp3) is 0.500. The zero-order chi connectivity index (χ0) is 15.1. The highest BCUT2D eigenvalue weighted by molar-refractivity contribution is 7.90. The molecule has 20 heavy (non-hydrogen) atoms. The van der Waals surface area contributed by atoms with E-state index < -0.39 is 33.9 Å². The van der Waals surface area contributed by atoms with E-state index in [1.165, 1.54) is 12.1 Å². The topological polar surface area (TPSA) is 72.4 Å². The molecule has 0 heterocycles. The number of aromatic carboxylic acids is 1. The number of carboxylic acid groups (broad SMARTS) is 1. The normalized spacial score (nSPS) is 19.8. The Kier molecular flexibility index (Phi) is 4.09. The van der Waals surface area contributed by atoms with Gasteiger partial charge < -0.3 is 9.66 Å². The molecule has 1 aromatic carbocycles. The van der Waals surface area contributed by atoms with Gasteiger partial charge in [-0.3, -0.25) is 0 Å². The first kappa shape index (κ1) is 15.3. The van der Waals surface area contributed by atoms with E-state index in [4.69, 9.17) is 5.11 Å². The van der Waals surface area contributed by atoms with Crippen molar-refractivity contribution in [2.45, 2.75) is 44.4 Å². The van der Waals surface area contributed by atoms with Gasteiger partial charge in [0.2, 0.25) is 0 Å². The van der Waals surface area contributed by atoms with Gasteiger partial charge in [0.25, 0.3) is 0 Å². The Morgan fingerprint density at radius 3 is 2.70 bits per heavy atom. The van der Waals surface area contributed by atoms with Gasteiger partial charge in [-0.1, -0.05) is 0 Å². The van der Waals surface area contributed by atoms with Gasteiger partial charge in [-0.25, -0.2) is 9.18 Å². The van der Waals surface area contributed by atoms with Crippen LogP contribution in [-0.4, -0.2) is 20.4 Å². The summed E-state index contributed by atoms with van der Waals surface area (Å²) in [5.41, 5.74) is 0.996. The molecule has 0 amide bonds. The lowest BCUT2D eigenvalue weighted by Crippen LogP contribution is -2.40.